The zero-order valence-corrected chi connectivity index (χ0v) is 8.96. The smallest absolute Gasteiger partial charge is 0.123 e. The third-order valence-electron chi connectivity index (χ3n) is 2.45. The topological polar surface area (TPSA) is 42.1 Å². The number of rotatable bonds is 2. The number of nitrogens with zero attached hydrogens (tertiary/aromatic N) is 2. The van der Waals surface area contributed by atoms with E-state index in [9.17, 15) is 0 Å². The fourth-order valence-electron chi connectivity index (χ4n) is 1.73. The Balaban J connectivity index is 0.000000980. The van der Waals surface area contributed by atoms with Crippen molar-refractivity contribution in [2.45, 2.75) is 19.4 Å². The molecule has 0 bridgehead atoms. The molecule has 0 spiro atoms. The van der Waals surface area contributed by atoms with Gasteiger partial charge in [-0.1, -0.05) is 6.07 Å². The van der Waals surface area contributed by atoms with Crippen LogP contribution < -0.4 is 5.73 Å². The molecule has 0 radical (unpaired) electrons. The zero-order chi connectivity index (χ0) is 9.10. The first-order valence-electron chi connectivity index (χ1n) is 4.77. The van der Waals surface area contributed by atoms with Crippen molar-refractivity contribution in [3.05, 3.63) is 23.9 Å². The van der Waals surface area contributed by atoms with Gasteiger partial charge in [-0.25, -0.2) is 4.98 Å². The van der Waals surface area contributed by atoms with Crippen molar-refractivity contribution in [3.8, 4) is 0 Å². The number of nitrogen functional groups attached to an aromatic ring is 1. The van der Waals surface area contributed by atoms with Crippen LogP contribution in [0.15, 0.2) is 18.3 Å². The monoisotopic (exact) mass is 213 g/mol. The van der Waals surface area contributed by atoms with Crippen LogP contribution in [0.1, 0.15) is 18.4 Å². The molecular formula is C10H16ClN3. The highest BCUT2D eigenvalue weighted by Gasteiger charge is 2.11. The van der Waals surface area contributed by atoms with Crippen molar-refractivity contribution in [1.82, 2.24) is 9.88 Å². The van der Waals surface area contributed by atoms with Crippen LogP contribution in [-0.4, -0.2) is 23.0 Å². The lowest BCUT2D eigenvalue weighted by Gasteiger charge is -2.13. The fraction of sp³-hybridized carbons (Fsp3) is 0.500. The highest BCUT2D eigenvalue weighted by Crippen LogP contribution is 2.12. The third kappa shape index (κ3) is 2.86. The maximum Gasteiger partial charge on any atom is 0.123 e. The van der Waals surface area contributed by atoms with Gasteiger partial charge in [-0.2, -0.15) is 0 Å². The third-order valence-corrected chi connectivity index (χ3v) is 2.45. The molecule has 1 aromatic heterocycles. The van der Waals surface area contributed by atoms with Crippen LogP contribution in [-0.2, 0) is 6.54 Å². The molecule has 0 saturated carbocycles. The number of pyridine rings is 1. The lowest BCUT2D eigenvalue weighted by molar-refractivity contribution is 0.331. The number of halogens is 1. The minimum absolute atomic E-state index is 0. The molecule has 0 atom stereocenters. The van der Waals surface area contributed by atoms with Gasteiger partial charge in [0.15, 0.2) is 0 Å². The van der Waals surface area contributed by atoms with E-state index < -0.39 is 0 Å². The molecule has 1 fully saturated rings. The number of anilines is 1. The van der Waals surface area contributed by atoms with Gasteiger partial charge in [-0.3, -0.25) is 4.90 Å². The van der Waals surface area contributed by atoms with Gasteiger partial charge in [0.2, 0.25) is 0 Å². The maximum atomic E-state index is 5.51. The highest BCUT2D eigenvalue weighted by molar-refractivity contribution is 5.85. The molecule has 1 aliphatic rings. The molecule has 2 rings (SSSR count). The molecule has 0 aromatic carbocycles. The van der Waals surface area contributed by atoms with Gasteiger partial charge in [-0.05, 0) is 37.6 Å². The van der Waals surface area contributed by atoms with Crippen LogP contribution in [0, 0.1) is 0 Å². The summed E-state index contributed by atoms with van der Waals surface area (Å²) in [7, 11) is 0. The average Bonchev–Trinajstić information content (AvgIpc) is 2.62. The molecule has 0 aliphatic carbocycles. The second kappa shape index (κ2) is 5.17. The molecule has 78 valence electrons. The van der Waals surface area contributed by atoms with Crippen molar-refractivity contribution in [3.63, 3.8) is 0 Å². The molecule has 0 amide bonds. The average molecular weight is 214 g/mol. The van der Waals surface area contributed by atoms with Gasteiger partial charge in [0.25, 0.3) is 0 Å². The number of aromatic nitrogens is 1. The lowest BCUT2D eigenvalue weighted by atomic mass is 10.2. The van der Waals surface area contributed by atoms with Gasteiger partial charge in [0, 0.05) is 12.7 Å². The summed E-state index contributed by atoms with van der Waals surface area (Å²) < 4.78 is 0. The first-order valence-corrected chi connectivity index (χ1v) is 4.77. The Morgan fingerprint density at radius 1 is 1.29 bits per heavy atom. The summed E-state index contributed by atoms with van der Waals surface area (Å²) >= 11 is 0. The summed E-state index contributed by atoms with van der Waals surface area (Å²) in [5, 5.41) is 0. The van der Waals surface area contributed by atoms with Crippen molar-refractivity contribution in [2.75, 3.05) is 18.8 Å². The van der Waals surface area contributed by atoms with Crippen molar-refractivity contribution >= 4 is 18.2 Å². The van der Waals surface area contributed by atoms with E-state index in [2.05, 4.69) is 16.0 Å². The van der Waals surface area contributed by atoms with Gasteiger partial charge in [0.1, 0.15) is 5.82 Å². The molecule has 4 heteroatoms. The second-order valence-corrected chi connectivity index (χ2v) is 3.57. The first-order chi connectivity index (χ1) is 6.34. The van der Waals surface area contributed by atoms with E-state index in [-0.39, 0.29) is 12.4 Å². The van der Waals surface area contributed by atoms with Crippen molar-refractivity contribution in [2.24, 2.45) is 0 Å². The van der Waals surface area contributed by atoms with Crippen molar-refractivity contribution in [1.29, 1.82) is 0 Å². The van der Waals surface area contributed by atoms with E-state index in [1.54, 1.807) is 0 Å². The van der Waals surface area contributed by atoms with E-state index >= 15 is 0 Å². The summed E-state index contributed by atoms with van der Waals surface area (Å²) in [6.45, 7) is 3.47. The van der Waals surface area contributed by atoms with E-state index in [4.69, 9.17) is 5.73 Å². The van der Waals surface area contributed by atoms with Crippen LogP contribution in [0.2, 0.25) is 0 Å². The predicted octanol–water partition coefficient (Wildman–Crippen LogP) is 1.68. The molecule has 1 saturated heterocycles. The summed E-state index contributed by atoms with van der Waals surface area (Å²) in [4.78, 5) is 6.52. The Bertz CT molecular complexity index is 267. The van der Waals surface area contributed by atoms with E-state index in [0.29, 0.717) is 5.82 Å². The summed E-state index contributed by atoms with van der Waals surface area (Å²) in [6, 6.07) is 3.92. The molecule has 14 heavy (non-hydrogen) atoms. The van der Waals surface area contributed by atoms with Gasteiger partial charge >= 0.3 is 0 Å². The minimum Gasteiger partial charge on any atom is -0.384 e. The predicted molar refractivity (Wildman–Crippen MR) is 60.4 cm³/mol. The number of hydrogen-bond donors (Lipinski definition) is 1. The maximum absolute atomic E-state index is 5.51. The van der Waals surface area contributed by atoms with E-state index in [0.717, 1.165) is 6.54 Å². The Kier molecular flexibility index (Phi) is 4.17. The highest BCUT2D eigenvalue weighted by atomic mass is 35.5. The molecule has 1 aromatic rings. The quantitative estimate of drug-likeness (QED) is 0.813. The largest absolute Gasteiger partial charge is 0.384 e. The van der Waals surface area contributed by atoms with Crippen LogP contribution in [0.4, 0.5) is 5.82 Å². The van der Waals surface area contributed by atoms with E-state index in [1.807, 2.05) is 12.3 Å². The summed E-state index contributed by atoms with van der Waals surface area (Å²) in [5.41, 5.74) is 6.77. The molecule has 1 aliphatic heterocycles. The minimum atomic E-state index is 0. The SMILES string of the molecule is Cl.Nc1ccc(CN2CCCC2)cn1. The molecule has 3 nitrogen and oxygen atoms in total. The Hall–Kier alpha value is -0.800. The van der Waals surface area contributed by atoms with Crippen LogP contribution in [0.5, 0.6) is 0 Å². The first kappa shape index (κ1) is 11.3. The Morgan fingerprint density at radius 2 is 2.00 bits per heavy atom. The van der Waals surface area contributed by atoms with Gasteiger partial charge in [-0.15, -0.1) is 12.4 Å². The molecule has 2 N–H and O–H groups in total. The number of nitrogens with two attached hydrogens (primary N) is 1. The fourth-order valence-corrected chi connectivity index (χ4v) is 1.73. The van der Waals surface area contributed by atoms with Crippen LogP contribution in [0.3, 0.4) is 0 Å². The summed E-state index contributed by atoms with van der Waals surface area (Å²) in [6.07, 6.45) is 4.54. The van der Waals surface area contributed by atoms with Gasteiger partial charge < -0.3 is 5.73 Å². The van der Waals surface area contributed by atoms with Gasteiger partial charge in [0.05, 0.1) is 0 Å². The summed E-state index contributed by atoms with van der Waals surface area (Å²) in [5.74, 6) is 0.602. The zero-order valence-electron chi connectivity index (χ0n) is 8.15. The van der Waals surface area contributed by atoms with Crippen LogP contribution in [0.25, 0.3) is 0 Å². The normalized spacial score (nSPS) is 16.6. The van der Waals surface area contributed by atoms with E-state index in [1.165, 1.54) is 31.5 Å². The second-order valence-electron chi connectivity index (χ2n) is 3.57. The number of hydrogen-bond acceptors (Lipinski definition) is 3. The Labute approximate surface area is 90.7 Å². The lowest BCUT2D eigenvalue weighted by Crippen LogP contribution is -2.18. The molecule has 0 unspecified atom stereocenters. The molecular weight excluding hydrogens is 198 g/mol. The van der Waals surface area contributed by atoms with Crippen LogP contribution >= 0.6 is 12.4 Å². The van der Waals surface area contributed by atoms with Crippen molar-refractivity contribution < 1.29 is 0 Å². The molecule has 2 heterocycles. The standard InChI is InChI=1S/C10H15N3.ClH/c11-10-4-3-9(7-12-10)8-13-5-1-2-6-13;/h3-4,7H,1-2,5-6,8H2,(H2,11,12);1H. The Morgan fingerprint density at radius 3 is 2.57 bits per heavy atom. The number of likely N-dealkylation sites (tertiary alicyclic amines) is 1.